The highest BCUT2D eigenvalue weighted by Crippen LogP contribution is 2.42. The molecule has 1 aliphatic carbocycles. The van der Waals surface area contributed by atoms with Crippen molar-refractivity contribution in [3.8, 4) is 17.0 Å². The lowest BCUT2D eigenvalue weighted by Gasteiger charge is -2.04. The molecule has 3 aromatic rings. The van der Waals surface area contributed by atoms with Gasteiger partial charge in [-0.05, 0) is 23.8 Å². The molecule has 11 heteroatoms. The van der Waals surface area contributed by atoms with Gasteiger partial charge in [0.25, 0.3) is 17.3 Å². The Morgan fingerprint density at radius 3 is 2.45 bits per heavy atom. The fourth-order valence-corrected chi connectivity index (χ4v) is 4.08. The van der Waals surface area contributed by atoms with E-state index >= 15 is 0 Å². The predicted octanol–water partition coefficient (Wildman–Crippen LogP) is 3.79. The number of fused-ring (bicyclic) bond motifs is 3. The molecule has 0 bridgehead atoms. The van der Waals surface area contributed by atoms with Crippen LogP contribution in [0.25, 0.3) is 11.3 Å². The molecule has 1 heterocycles. The van der Waals surface area contributed by atoms with Crippen LogP contribution in [0.3, 0.4) is 0 Å². The molecular formula is C18H12N4O6S. The van der Waals surface area contributed by atoms with Gasteiger partial charge in [0.05, 0.1) is 34.3 Å². The molecule has 0 saturated carbocycles. The average Bonchev–Trinajstić information content (AvgIpc) is 3.23. The number of hydrogen-bond donors (Lipinski definition) is 1. The third-order valence-electron chi connectivity index (χ3n) is 4.42. The van der Waals surface area contributed by atoms with E-state index in [9.17, 15) is 25.0 Å². The number of methoxy groups -OCH3 is 1. The number of non-ortho nitro benzene ring substituents is 2. The molecule has 29 heavy (non-hydrogen) atoms. The second kappa shape index (κ2) is 6.95. The molecule has 1 aromatic heterocycles. The van der Waals surface area contributed by atoms with Crippen LogP contribution in [0, 0.1) is 20.2 Å². The lowest BCUT2D eigenvalue weighted by Crippen LogP contribution is -2.12. The van der Waals surface area contributed by atoms with Crippen molar-refractivity contribution in [3.05, 3.63) is 72.6 Å². The molecular weight excluding hydrogens is 400 g/mol. The fourth-order valence-electron chi connectivity index (χ4n) is 3.09. The predicted molar refractivity (Wildman–Crippen MR) is 105 cm³/mol. The average molecular weight is 412 g/mol. The number of rotatable bonds is 5. The number of nitro benzene ring substituents is 2. The van der Waals surface area contributed by atoms with Crippen LogP contribution >= 0.6 is 11.3 Å². The number of aromatic nitrogens is 1. The highest BCUT2D eigenvalue weighted by molar-refractivity contribution is 7.16. The summed E-state index contributed by atoms with van der Waals surface area (Å²) in [4.78, 5) is 38.4. The van der Waals surface area contributed by atoms with Crippen LogP contribution in [0.4, 0.5) is 16.5 Å². The molecule has 10 nitrogen and oxygen atoms in total. The summed E-state index contributed by atoms with van der Waals surface area (Å²) < 4.78 is 5.22. The van der Waals surface area contributed by atoms with Crippen molar-refractivity contribution in [1.29, 1.82) is 0 Å². The number of anilines is 1. The normalized spacial score (nSPS) is 11.5. The van der Waals surface area contributed by atoms with Crippen molar-refractivity contribution >= 4 is 33.8 Å². The maximum Gasteiger partial charge on any atom is 0.277 e. The molecule has 0 unspecified atom stereocenters. The van der Waals surface area contributed by atoms with Gasteiger partial charge in [-0.3, -0.25) is 30.3 Å². The Balaban J connectivity index is 1.61. The first-order chi connectivity index (χ1) is 13.9. The zero-order valence-electron chi connectivity index (χ0n) is 14.9. The zero-order chi connectivity index (χ0) is 20.7. The highest BCUT2D eigenvalue weighted by atomic mass is 32.1. The second-order valence-corrected chi connectivity index (χ2v) is 7.28. The van der Waals surface area contributed by atoms with Crippen molar-refractivity contribution in [2.45, 2.75) is 6.42 Å². The van der Waals surface area contributed by atoms with E-state index in [1.165, 1.54) is 11.3 Å². The molecule has 1 N–H and O–H groups in total. The molecule has 2 aromatic carbocycles. The van der Waals surface area contributed by atoms with Crippen molar-refractivity contribution in [1.82, 2.24) is 4.98 Å². The summed E-state index contributed by atoms with van der Waals surface area (Å²) in [6, 6.07) is 8.45. The van der Waals surface area contributed by atoms with Gasteiger partial charge in [0, 0.05) is 29.0 Å². The number of nitrogens with zero attached hydrogens (tertiary/aromatic N) is 3. The van der Waals surface area contributed by atoms with E-state index in [1.54, 1.807) is 7.11 Å². The van der Waals surface area contributed by atoms with Crippen LogP contribution in [0.5, 0.6) is 5.75 Å². The van der Waals surface area contributed by atoms with Crippen LogP contribution in [0.2, 0.25) is 0 Å². The fraction of sp³-hybridized carbons (Fsp3) is 0.111. The Hall–Kier alpha value is -3.86. The van der Waals surface area contributed by atoms with Gasteiger partial charge < -0.3 is 4.74 Å². The number of hydrogen-bond acceptors (Lipinski definition) is 8. The first-order valence-corrected chi connectivity index (χ1v) is 9.09. The van der Waals surface area contributed by atoms with E-state index in [0.717, 1.165) is 45.6 Å². The van der Waals surface area contributed by atoms with E-state index in [4.69, 9.17) is 4.74 Å². The van der Waals surface area contributed by atoms with Gasteiger partial charge in [-0.15, -0.1) is 11.3 Å². The third kappa shape index (κ3) is 3.38. The van der Waals surface area contributed by atoms with Crippen LogP contribution in [-0.2, 0) is 6.42 Å². The SMILES string of the molecule is COc1ccc2c(c1)Cc1sc(NC(=O)c3cc([N+](=O)[O-])cc([N+](=O)[O-])c3)nc1-2. The Bertz CT molecular complexity index is 1160. The lowest BCUT2D eigenvalue weighted by molar-refractivity contribution is -0.394. The number of ether oxygens (including phenoxy) is 1. The number of nitrogens with one attached hydrogen (secondary N) is 1. The molecule has 0 atom stereocenters. The Morgan fingerprint density at radius 1 is 1.14 bits per heavy atom. The maximum absolute atomic E-state index is 12.5. The van der Waals surface area contributed by atoms with Gasteiger partial charge in [0.15, 0.2) is 5.13 Å². The first kappa shape index (κ1) is 18.5. The summed E-state index contributed by atoms with van der Waals surface area (Å²) >= 11 is 1.28. The summed E-state index contributed by atoms with van der Waals surface area (Å²) in [5, 5.41) is 24.9. The Labute approximate surface area is 167 Å². The van der Waals surface area contributed by atoms with Crippen LogP contribution in [0.1, 0.15) is 20.8 Å². The van der Waals surface area contributed by atoms with E-state index in [0.29, 0.717) is 11.6 Å². The standard InChI is InChI=1S/C18H12N4O6S/c1-28-13-2-3-14-9(6-13)7-15-16(14)19-18(29-15)20-17(23)10-4-11(21(24)25)8-12(5-10)22(26)27/h2-6,8H,7H2,1H3,(H,19,20,23). The minimum atomic E-state index is -0.785. The van der Waals surface area contributed by atoms with Gasteiger partial charge in [0.1, 0.15) is 5.75 Å². The lowest BCUT2D eigenvalue weighted by atomic mass is 10.1. The summed E-state index contributed by atoms with van der Waals surface area (Å²) in [5.41, 5.74) is 1.52. The molecule has 0 aliphatic heterocycles. The largest absolute Gasteiger partial charge is 0.497 e. The molecule has 1 amide bonds. The van der Waals surface area contributed by atoms with Crippen LogP contribution in [-0.4, -0.2) is 27.8 Å². The molecule has 0 fully saturated rings. The van der Waals surface area contributed by atoms with Crippen LogP contribution in [0.15, 0.2) is 36.4 Å². The Kier molecular flexibility index (Phi) is 4.43. The summed E-state index contributed by atoms with van der Waals surface area (Å²) in [5.74, 6) is 0.0406. The van der Waals surface area contributed by atoms with Crippen molar-refractivity contribution in [3.63, 3.8) is 0 Å². The van der Waals surface area contributed by atoms with E-state index in [2.05, 4.69) is 10.3 Å². The van der Waals surface area contributed by atoms with Crippen molar-refractivity contribution < 1.29 is 19.4 Å². The van der Waals surface area contributed by atoms with Crippen molar-refractivity contribution in [2.24, 2.45) is 0 Å². The molecule has 4 rings (SSSR count). The molecule has 0 radical (unpaired) electrons. The molecule has 0 saturated heterocycles. The minimum absolute atomic E-state index is 0.189. The maximum atomic E-state index is 12.5. The summed E-state index contributed by atoms with van der Waals surface area (Å²) in [6.45, 7) is 0. The van der Waals surface area contributed by atoms with Gasteiger partial charge in [0.2, 0.25) is 0 Å². The zero-order valence-corrected chi connectivity index (χ0v) is 15.7. The minimum Gasteiger partial charge on any atom is -0.497 e. The van der Waals surface area contributed by atoms with E-state index in [-0.39, 0.29) is 5.56 Å². The van der Waals surface area contributed by atoms with Crippen LogP contribution < -0.4 is 10.1 Å². The number of carbonyl (C=O) groups excluding carboxylic acids is 1. The second-order valence-electron chi connectivity index (χ2n) is 6.20. The molecule has 0 spiro atoms. The number of thiazole rings is 1. The van der Waals surface area contributed by atoms with E-state index < -0.39 is 27.1 Å². The number of benzene rings is 2. The number of carbonyl (C=O) groups is 1. The molecule has 146 valence electrons. The van der Waals surface area contributed by atoms with E-state index in [1.807, 2.05) is 18.2 Å². The third-order valence-corrected chi connectivity index (χ3v) is 5.39. The van der Waals surface area contributed by atoms with Crippen molar-refractivity contribution in [2.75, 3.05) is 12.4 Å². The number of amides is 1. The topological polar surface area (TPSA) is 138 Å². The molecule has 1 aliphatic rings. The quantitative estimate of drug-likeness (QED) is 0.389. The van der Waals surface area contributed by atoms with Gasteiger partial charge >= 0.3 is 0 Å². The number of nitro groups is 2. The first-order valence-electron chi connectivity index (χ1n) is 8.28. The monoisotopic (exact) mass is 412 g/mol. The highest BCUT2D eigenvalue weighted by Gasteiger charge is 2.25. The smallest absolute Gasteiger partial charge is 0.277 e. The Morgan fingerprint density at radius 2 is 1.83 bits per heavy atom. The van der Waals surface area contributed by atoms with Gasteiger partial charge in [-0.1, -0.05) is 0 Å². The summed E-state index contributed by atoms with van der Waals surface area (Å²) in [6.07, 6.45) is 0.650. The summed E-state index contributed by atoms with van der Waals surface area (Å²) in [7, 11) is 1.59. The van der Waals surface area contributed by atoms with Gasteiger partial charge in [-0.2, -0.15) is 0 Å². The van der Waals surface area contributed by atoms with Gasteiger partial charge in [-0.25, -0.2) is 4.98 Å².